The minimum absolute atomic E-state index is 0.0534. The average molecular weight is 465 g/mol. The Kier molecular flexibility index (Phi) is 7.55. The van der Waals surface area contributed by atoms with Gasteiger partial charge >= 0.3 is 0 Å². The van der Waals surface area contributed by atoms with Gasteiger partial charge in [0.1, 0.15) is 22.3 Å². The third-order valence-corrected chi connectivity index (χ3v) is 5.13. The van der Waals surface area contributed by atoms with Gasteiger partial charge in [-0.05, 0) is 49.7 Å². The summed E-state index contributed by atoms with van der Waals surface area (Å²) < 4.78 is 24.7. The normalized spacial score (nSPS) is 10.6. The van der Waals surface area contributed by atoms with Crippen molar-refractivity contribution < 1.29 is 23.1 Å². The number of rotatable bonds is 8. The van der Waals surface area contributed by atoms with Gasteiger partial charge in [0.25, 0.3) is 5.91 Å². The van der Waals surface area contributed by atoms with Gasteiger partial charge in [-0.3, -0.25) is 9.59 Å². The lowest BCUT2D eigenvalue weighted by Crippen LogP contribution is -2.15. The smallest absolute Gasteiger partial charge is 0.259 e. The molecule has 0 bridgehead atoms. The summed E-state index contributed by atoms with van der Waals surface area (Å²) in [5.74, 6) is -0.551. The Morgan fingerprint density at radius 1 is 1.13 bits per heavy atom. The van der Waals surface area contributed by atoms with Crippen LogP contribution in [0.3, 0.4) is 0 Å². The van der Waals surface area contributed by atoms with Crippen LogP contribution in [0.5, 0.6) is 5.75 Å². The molecule has 1 aromatic heterocycles. The summed E-state index contributed by atoms with van der Waals surface area (Å²) in [6.45, 7) is 1.90. The average Bonchev–Trinajstić information content (AvgIpc) is 3.17. The molecular weight excluding hydrogens is 446 g/mol. The lowest BCUT2D eigenvalue weighted by molar-refractivity contribution is -0.116. The summed E-state index contributed by atoms with van der Waals surface area (Å²) in [4.78, 5) is 24.4. The third-order valence-electron chi connectivity index (χ3n) is 4.32. The molecule has 162 valence electrons. The van der Waals surface area contributed by atoms with Crippen LogP contribution < -0.4 is 15.4 Å². The lowest BCUT2D eigenvalue weighted by Gasteiger charge is -2.11. The number of aryl methyl sites for hydroxylation is 1. The molecule has 3 rings (SSSR count). The van der Waals surface area contributed by atoms with E-state index in [4.69, 9.17) is 32.4 Å². The summed E-state index contributed by atoms with van der Waals surface area (Å²) in [6, 6.07) is 10.5. The number of ether oxygens (including phenoxy) is 1. The van der Waals surface area contributed by atoms with Crippen molar-refractivity contribution in [2.24, 2.45) is 0 Å². The summed E-state index contributed by atoms with van der Waals surface area (Å²) in [5.41, 5.74) is 0.598. The second-order valence-corrected chi connectivity index (χ2v) is 7.38. The SMILES string of the molecule is Cc1occc1C(=O)Nc1cc(NC(=O)CCCOc2cccc(Cl)c2Cl)ccc1F. The van der Waals surface area contributed by atoms with Crippen molar-refractivity contribution in [3.63, 3.8) is 0 Å². The standard InChI is InChI=1S/C22H19Cl2FN2O4/c1-13-15(9-11-30-13)22(29)27-18-12-14(7-8-17(18)25)26-20(28)6-3-10-31-19-5-2-4-16(23)21(19)24/h2,4-5,7-9,11-12H,3,6,10H2,1H3,(H,26,28)(H,27,29). The largest absolute Gasteiger partial charge is 0.492 e. The highest BCUT2D eigenvalue weighted by atomic mass is 35.5. The summed E-state index contributed by atoms with van der Waals surface area (Å²) in [7, 11) is 0. The fraction of sp³-hybridized carbons (Fsp3) is 0.182. The van der Waals surface area contributed by atoms with Gasteiger partial charge < -0.3 is 19.8 Å². The number of benzene rings is 2. The van der Waals surface area contributed by atoms with Gasteiger partial charge in [-0.2, -0.15) is 0 Å². The van der Waals surface area contributed by atoms with Gasteiger partial charge in [-0.15, -0.1) is 0 Å². The van der Waals surface area contributed by atoms with Gasteiger partial charge in [-0.1, -0.05) is 29.3 Å². The molecule has 0 radical (unpaired) electrons. The second kappa shape index (κ2) is 10.3. The first-order chi connectivity index (χ1) is 14.8. The number of hydrogen-bond donors (Lipinski definition) is 2. The number of carbonyl (C=O) groups is 2. The fourth-order valence-corrected chi connectivity index (χ4v) is 3.09. The number of anilines is 2. The van der Waals surface area contributed by atoms with Crippen LogP contribution in [0.2, 0.25) is 10.0 Å². The zero-order valence-electron chi connectivity index (χ0n) is 16.5. The van der Waals surface area contributed by atoms with Crippen LogP contribution in [0, 0.1) is 12.7 Å². The summed E-state index contributed by atoms with van der Waals surface area (Å²) in [5, 5.41) is 5.86. The number of furan rings is 1. The molecule has 0 spiro atoms. The Morgan fingerprint density at radius 3 is 2.68 bits per heavy atom. The molecular formula is C22H19Cl2FN2O4. The maximum Gasteiger partial charge on any atom is 0.259 e. The lowest BCUT2D eigenvalue weighted by atomic mass is 10.2. The van der Waals surface area contributed by atoms with E-state index in [2.05, 4.69) is 10.6 Å². The Bertz CT molecular complexity index is 1100. The molecule has 2 N–H and O–H groups in total. The van der Waals surface area contributed by atoms with Crippen LogP contribution >= 0.6 is 23.2 Å². The van der Waals surface area contributed by atoms with Crippen LogP contribution in [-0.2, 0) is 4.79 Å². The molecule has 6 nitrogen and oxygen atoms in total. The first kappa shape index (κ1) is 22.7. The highest BCUT2D eigenvalue weighted by Crippen LogP contribution is 2.31. The predicted molar refractivity (Wildman–Crippen MR) is 118 cm³/mol. The van der Waals surface area contributed by atoms with Crippen molar-refractivity contribution in [2.75, 3.05) is 17.2 Å². The molecule has 0 aliphatic carbocycles. The number of carbonyl (C=O) groups excluding carboxylic acids is 2. The van der Waals surface area contributed by atoms with Crippen molar-refractivity contribution in [3.8, 4) is 5.75 Å². The van der Waals surface area contributed by atoms with E-state index in [1.807, 2.05) is 0 Å². The van der Waals surface area contributed by atoms with Crippen LogP contribution in [0.1, 0.15) is 29.0 Å². The van der Waals surface area contributed by atoms with E-state index in [1.165, 1.54) is 24.5 Å². The number of hydrogen-bond acceptors (Lipinski definition) is 4. The summed E-state index contributed by atoms with van der Waals surface area (Å²) >= 11 is 12.0. The van der Waals surface area contributed by atoms with Crippen molar-refractivity contribution in [2.45, 2.75) is 19.8 Å². The number of nitrogens with one attached hydrogen (secondary N) is 2. The maximum absolute atomic E-state index is 14.1. The Hall–Kier alpha value is -3.03. The van der Waals surface area contributed by atoms with Crippen LogP contribution in [0.15, 0.2) is 53.1 Å². The fourth-order valence-electron chi connectivity index (χ4n) is 2.74. The maximum atomic E-state index is 14.1. The molecule has 31 heavy (non-hydrogen) atoms. The molecule has 0 aliphatic heterocycles. The van der Waals surface area contributed by atoms with E-state index in [0.717, 1.165) is 6.07 Å². The molecule has 3 aromatic rings. The van der Waals surface area contributed by atoms with E-state index < -0.39 is 11.7 Å². The van der Waals surface area contributed by atoms with E-state index in [-0.39, 0.29) is 24.6 Å². The van der Waals surface area contributed by atoms with Crippen molar-refractivity contribution in [3.05, 3.63) is 75.9 Å². The Balaban J connectivity index is 1.52. The van der Waals surface area contributed by atoms with Gasteiger partial charge in [0, 0.05) is 12.1 Å². The van der Waals surface area contributed by atoms with Crippen molar-refractivity contribution in [1.82, 2.24) is 0 Å². The molecule has 0 fully saturated rings. The monoisotopic (exact) mass is 464 g/mol. The van der Waals surface area contributed by atoms with Crippen molar-refractivity contribution in [1.29, 1.82) is 0 Å². The van der Waals surface area contributed by atoms with E-state index in [1.54, 1.807) is 25.1 Å². The van der Waals surface area contributed by atoms with E-state index in [9.17, 15) is 14.0 Å². The molecule has 0 saturated heterocycles. The van der Waals surface area contributed by atoms with Crippen LogP contribution in [0.4, 0.5) is 15.8 Å². The molecule has 0 unspecified atom stereocenters. The van der Waals surface area contributed by atoms with Gasteiger partial charge in [0.2, 0.25) is 5.91 Å². The molecule has 2 aromatic carbocycles. The molecule has 0 saturated carbocycles. The zero-order chi connectivity index (χ0) is 22.4. The third kappa shape index (κ3) is 5.99. The highest BCUT2D eigenvalue weighted by Gasteiger charge is 2.15. The first-order valence-electron chi connectivity index (χ1n) is 9.37. The molecule has 9 heteroatoms. The summed E-state index contributed by atoms with van der Waals surface area (Å²) in [6.07, 6.45) is 1.98. The van der Waals surface area contributed by atoms with Gasteiger partial charge in [-0.25, -0.2) is 4.39 Å². The van der Waals surface area contributed by atoms with Crippen LogP contribution in [-0.4, -0.2) is 18.4 Å². The Morgan fingerprint density at radius 2 is 1.94 bits per heavy atom. The second-order valence-electron chi connectivity index (χ2n) is 6.59. The van der Waals surface area contributed by atoms with E-state index >= 15 is 0 Å². The molecule has 0 atom stereocenters. The predicted octanol–water partition coefficient (Wildman–Crippen LogP) is 6.08. The quantitative estimate of drug-likeness (QED) is 0.395. The zero-order valence-corrected chi connectivity index (χ0v) is 18.0. The molecule has 0 aliphatic rings. The molecule has 2 amide bonds. The van der Waals surface area contributed by atoms with Crippen LogP contribution in [0.25, 0.3) is 0 Å². The number of halogens is 3. The van der Waals surface area contributed by atoms with Gasteiger partial charge in [0.15, 0.2) is 0 Å². The Labute approximate surface area is 188 Å². The highest BCUT2D eigenvalue weighted by molar-refractivity contribution is 6.42. The number of amides is 2. The minimum atomic E-state index is -0.626. The van der Waals surface area contributed by atoms with E-state index in [0.29, 0.717) is 39.2 Å². The molecule has 1 heterocycles. The minimum Gasteiger partial charge on any atom is -0.492 e. The topological polar surface area (TPSA) is 80.6 Å². The van der Waals surface area contributed by atoms with Gasteiger partial charge in [0.05, 0.1) is 29.1 Å². The first-order valence-corrected chi connectivity index (χ1v) is 10.1. The van der Waals surface area contributed by atoms with Crippen molar-refractivity contribution >= 4 is 46.4 Å².